The number of aromatic nitrogens is 1. The number of hydrogen-bond donors (Lipinski definition) is 1. The van der Waals surface area contributed by atoms with Gasteiger partial charge in [-0.05, 0) is 55.1 Å². The van der Waals surface area contributed by atoms with Crippen LogP contribution in [-0.2, 0) is 0 Å². The van der Waals surface area contributed by atoms with Gasteiger partial charge < -0.3 is 5.32 Å². The lowest BCUT2D eigenvalue weighted by molar-refractivity contribution is 0.153. The second-order valence-electron chi connectivity index (χ2n) is 6.83. The monoisotopic (exact) mass is 264 g/mol. The van der Waals surface area contributed by atoms with Gasteiger partial charge in [0.15, 0.2) is 0 Å². The molecule has 0 aromatic carbocycles. The SMILES string of the molecule is CC(C)(C)C1CCC(CNc2ccc(F)nc2)CC1. The van der Waals surface area contributed by atoms with Crippen LogP contribution in [0.1, 0.15) is 46.5 Å². The molecule has 0 aliphatic heterocycles. The molecule has 0 radical (unpaired) electrons. The van der Waals surface area contributed by atoms with Crippen molar-refractivity contribution in [2.45, 2.75) is 46.5 Å². The smallest absolute Gasteiger partial charge is 0.212 e. The highest BCUT2D eigenvalue weighted by Gasteiger charge is 2.29. The lowest BCUT2D eigenvalue weighted by Crippen LogP contribution is -2.28. The fourth-order valence-electron chi connectivity index (χ4n) is 2.98. The van der Waals surface area contributed by atoms with Crippen LogP contribution in [0.25, 0.3) is 0 Å². The molecule has 1 fully saturated rings. The minimum absolute atomic E-state index is 0.420. The van der Waals surface area contributed by atoms with E-state index in [1.165, 1.54) is 31.7 Å². The summed E-state index contributed by atoms with van der Waals surface area (Å²) in [4.78, 5) is 3.66. The van der Waals surface area contributed by atoms with Crippen molar-refractivity contribution < 1.29 is 4.39 Å². The first kappa shape index (κ1) is 14.3. The molecule has 1 N–H and O–H groups in total. The predicted molar refractivity (Wildman–Crippen MR) is 77.6 cm³/mol. The van der Waals surface area contributed by atoms with Gasteiger partial charge in [-0.15, -0.1) is 0 Å². The number of rotatable bonds is 3. The fraction of sp³-hybridized carbons (Fsp3) is 0.688. The van der Waals surface area contributed by atoms with Gasteiger partial charge in [-0.3, -0.25) is 0 Å². The Bertz CT molecular complexity index is 386. The molecule has 1 aliphatic rings. The highest BCUT2D eigenvalue weighted by atomic mass is 19.1. The number of pyridine rings is 1. The molecule has 1 heterocycles. The Labute approximate surface area is 115 Å². The lowest BCUT2D eigenvalue weighted by Gasteiger charge is -2.37. The minimum Gasteiger partial charge on any atom is -0.384 e. The first-order valence-electron chi connectivity index (χ1n) is 7.30. The van der Waals surface area contributed by atoms with E-state index in [9.17, 15) is 4.39 Å². The molecule has 1 saturated carbocycles. The Morgan fingerprint density at radius 1 is 1.21 bits per heavy atom. The van der Waals surface area contributed by atoms with Crippen molar-refractivity contribution in [1.82, 2.24) is 4.98 Å². The zero-order valence-electron chi connectivity index (χ0n) is 12.2. The Hall–Kier alpha value is -1.12. The van der Waals surface area contributed by atoms with Gasteiger partial charge >= 0.3 is 0 Å². The lowest BCUT2D eigenvalue weighted by atomic mass is 9.70. The minimum atomic E-state index is -0.420. The molecule has 0 saturated heterocycles. The standard InChI is InChI=1S/C16H25FN2/c1-16(2,3)13-6-4-12(5-7-13)10-18-14-8-9-15(17)19-11-14/h8-9,11-13,18H,4-7,10H2,1-3H3. The molecule has 0 unspecified atom stereocenters. The van der Waals surface area contributed by atoms with Crippen LogP contribution < -0.4 is 5.32 Å². The summed E-state index contributed by atoms with van der Waals surface area (Å²) in [6, 6.07) is 3.15. The molecule has 0 spiro atoms. The third kappa shape index (κ3) is 4.19. The van der Waals surface area contributed by atoms with Crippen molar-refractivity contribution in [3.63, 3.8) is 0 Å². The first-order valence-corrected chi connectivity index (χ1v) is 7.30. The van der Waals surface area contributed by atoms with Gasteiger partial charge in [-0.25, -0.2) is 4.98 Å². The third-order valence-corrected chi connectivity index (χ3v) is 4.39. The topological polar surface area (TPSA) is 24.9 Å². The molecular weight excluding hydrogens is 239 g/mol. The summed E-state index contributed by atoms with van der Waals surface area (Å²) in [6.07, 6.45) is 6.82. The molecule has 0 amide bonds. The number of hydrogen-bond acceptors (Lipinski definition) is 2. The molecule has 0 atom stereocenters. The van der Waals surface area contributed by atoms with Crippen LogP contribution in [0.5, 0.6) is 0 Å². The van der Waals surface area contributed by atoms with Gasteiger partial charge in [0.05, 0.1) is 11.9 Å². The van der Waals surface area contributed by atoms with E-state index in [0.29, 0.717) is 5.41 Å². The molecule has 2 rings (SSSR count). The molecule has 19 heavy (non-hydrogen) atoms. The van der Waals surface area contributed by atoms with Crippen LogP contribution in [0.4, 0.5) is 10.1 Å². The van der Waals surface area contributed by atoms with Crippen LogP contribution >= 0.6 is 0 Å². The van der Waals surface area contributed by atoms with Crippen molar-refractivity contribution in [2.75, 3.05) is 11.9 Å². The van der Waals surface area contributed by atoms with Crippen LogP contribution in [0.2, 0.25) is 0 Å². The molecule has 1 aromatic heterocycles. The van der Waals surface area contributed by atoms with Gasteiger partial charge in [-0.2, -0.15) is 4.39 Å². The third-order valence-electron chi connectivity index (χ3n) is 4.39. The molecule has 106 valence electrons. The summed E-state index contributed by atoms with van der Waals surface area (Å²) in [5.41, 5.74) is 1.36. The maximum absolute atomic E-state index is 12.7. The zero-order chi connectivity index (χ0) is 13.9. The van der Waals surface area contributed by atoms with Crippen molar-refractivity contribution in [3.05, 3.63) is 24.3 Å². The van der Waals surface area contributed by atoms with E-state index in [1.54, 1.807) is 12.3 Å². The summed E-state index contributed by atoms with van der Waals surface area (Å²) in [7, 11) is 0. The van der Waals surface area contributed by atoms with E-state index >= 15 is 0 Å². The van der Waals surface area contributed by atoms with Gasteiger partial charge in [-0.1, -0.05) is 20.8 Å². The number of nitrogens with one attached hydrogen (secondary N) is 1. The van der Waals surface area contributed by atoms with E-state index in [1.807, 2.05) is 0 Å². The van der Waals surface area contributed by atoms with Crippen molar-refractivity contribution in [3.8, 4) is 0 Å². The van der Waals surface area contributed by atoms with Gasteiger partial charge in [0.1, 0.15) is 0 Å². The highest BCUT2D eigenvalue weighted by molar-refractivity contribution is 5.39. The van der Waals surface area contributed by atoms with E-state index in [4.69, 9.17) is 0 Å². The van der Waals surface area contributed by atoms with Crippen molar-refractivity contribution in [2.24, 2.45) is 17.3 Å². The van der Waals surface area contributed by atoms with E-state index in [-0.39, 0.29) is 0 Å². The van der Waals surface area contributed by atoms with Crippen LogP contribution in [0, 0.1) is 23.2 Å². The molecule has 0 bridgehead atoms. The van der Waals surface area contributed by atoms with E-state index < -0.39 is 5.95 Å². The average Bonchev–Trinajstić information content (AvgIpc) is 2.37. The second-order valence-corrected chi connectivity index (χ2v) is 6.83. The Balaban J connectivity index is 1.75. The number of halogens is 1. The maximum Gasteiger partial charge on any atom is 0.212 e. The highest BCUT2D eigenvalue weighted by Crippen LogP contribution is 2.39. The zero-order valence-corrected chi connectivity index (χ0v) is 12.2. The van der Waals surface area contributed by atoms with Crippen molar-refractivity contribution in [1.29, 1.82) is 0 Å². The Kier molecular flexibility index (Phi) is 4.43. The predicted octanol–water partition coefficient (Wildman–Crippen LogP) is 4.49. The summed E-state index contributed by atoms with van der Waals surface area (Å²) in [5, 5.41) is 3.37. The molecular formula is C16H25FN2. The number of nitrogens with zero attached hydrogens (tertiary/aromatic N) is 1. The normalized spacial score (nSPS) is 24.2. The molecule has 2 nitrogen and oxygen atoms in total. The fourth-order valence-corrected chi connectivity index (χ4v) is 2.98. The maximum atomic E-state index is 12.7. The number of anilines is 1. The van der Waals surface area contributed by atoms with Crippen LogP contribution in [0.3, 0.4) is 0 Å². The van der Waals surface area contributed by atoms with Crippen molar-refractivity contribution >= 4 is 5.69 Å². The van der Waals surface area contributed by atoms with Gasteiger partial charge in [0, 0.05) is 6.54 Å². The van der Waals surface area contributed by atoms with Gasteiger partial charge in [0.25, 0.3) is 0 Å². The quantitative estimate of drug-likeness (QED) is 0.814. The van der Waals surface area contributed by atoms with E-state index in [2.05, 4.69) is 31.1 Å². The largest absolute Gasteiger partial charge is 0.384 e. The van der Waals surface area contributed by atoms with Crippen LogP contribution in [-0.4, -0.2) is 11.5 Å². The van der Waals surface area contributed by atoms with Gasteiger partial charge in [0.2, 0.25) is 5.95 Å². The summed E-state index contributed by atoms with van der Waals surface area (Å²) >= 11 is 0. The second kappa shape index (κ2) is 5.89. The molecule has 3 heteroatoms. The summed E-state index contributed by atoms with van der Waals surface area (Å²) < 4.78 is 12.7. The first-order chi connectivity index (χ1) is 8.95. The molecule has 1 aliphatic carbocycles. The Morgan fingerprint density at radius 2 is 1.89 bits per heavy atom. The van der Waals surface area contributed by atoms with Crippen LogP contribution in [0.15, 0.2) is 18.3 Å². The summed E-state index contributed by atoms with van der Waals surface area (Å²) in [5.74, 6) is 1.18. The summed E-state index contributed by atoms with van der Waals surface area (Å²) in [6.45, 7) is 8.02. The average molecular weight is 264 g/mol. The Morgan fingerprint density at radius 3 is 2.42 bits per heavy atom. The molecule has 1 aromatic rings. The van der Waals surface area contributed by atoms with E-state index in [0.717, 1.165) is 24.1 Å².